The molecule has 1 N–H and O–H groups in total. The number of rotatable bonds is 5. The molecule has 0 amide bonds. The molecule has 1 aromatic heterocycles. The first kappa shape index (κ1) is 11.9. The summed E-state index contributed by atoms with van der Waals surface area (Å²) in [6.45, 7) is 5.08. The average molecular weight is 231 g/mol. The van der Waals surface area contributed by atoms with Gasteiger partial charge in [0.1, 0.15) is 0 Å². The fourth-order valence-corrected chi connectivity index (χ4v) is 2.52. The summed E-state index contributed by atoms with van der Waals surface area (Å²) >= 11 is 1.82. The van der Waals surface area contributed by atoms with Gasteiger partial charge in [-0.05, 0) is 26.0 Å². The lowest BCUT2D eigenvalue weighted by atomic mass is 10.3. The van der Waals surface area contributed by atoms with E-state index in [4.69, 9.17) is 0 Å². The van der Waals surface area contributed by atoms with Crippen molar-refractivity contribution in [2.24, 2.45) is 0 Å². The molecule has 0 saturated carbocycles. The van der Waals surface area contributed by atoms with Crippen LogP contribution in [0, 0.1) is 6.92 Å². The highest BCUT2D eigenvalue weighted by atomic mass is 32.2. The monoisotopic (exact) mass is 231 g/mol. The average Bonchev–Trinajstić information content (AvgIpc) is 2.51. The smallest absolute Gasteiger partial charge is 0.0386 e. The fraction of sp³-hybridized carbons (Fsp3) is 0.600. The van der Waals surface area contributed by atoms with Gasteiger partial charge in [-0.3, -0.25) is 4.21 Å². The van der Waals surface area contributed by atoms with Crippen molar-refractivity contribution in [1.82, 2.24) is 5.32 Å². The van der Waals surface area contributed by atoms with Crippen LogP contribution in [0.2, 0.25) is 0 Å². The summed E-state index contributed by atoms with van der Waals surface area (Å²) in [4.78, 5) is 2.69. The molecule has 0 aliphatic carbocycles. The number of thiophene rings is 1. The third-order valence-corrected chi connectivity index (χ3v) is 3.99. The Bertz CT molecular complexity index is 309. The molecule has 0 aliphatic rings. The SMILES string of the molecule is Cc1ccc(C(C)NCCS(C)=O)s1. The van der Waals surface area contributed by atoms with Crippen LogP contribution in [-0.2, 0) is 10.8 Å². The van der Waals surface area contributed by atoms with E-state index in [-0.39, 0.29) is 0 Å². The number of hydrogen-bond donors (Lipinski definition) is 1. The van der Waals surface area contributed by atoms with E-state index in [0.29, 0.717) is 6.04 Å². The molecule has 80 valence electrons. The van der Waals surface area contributed by atoms with Crippen LogP contribution in [-0.4, -0.2) is 22.8 Å². The third-order valence-electron chi connectivity index (χ3n) is 2.03. The third kappa shape index (κ3) is 3.90. The molecular weight excluding hydrogens is 214 g/mol. The Morgan fingerprint density at radius 2 is 2.29 bits per heavy atom. The van der Waals surface area contributed by atoms with Crippen molar-refractivity contribution in [3.05, 3.63) is 21.9 Å². The minimum atomic E-state index is -0.692. The van der Waals surface area contributed by atoms with E-state index in [2.05, 4.69) is 31.3 Å². The van der Waals surface area contributed by atoms with E-state index < -0.39 is 10.8 Å². The van der Waals surface area contributed by atoms with E-state index in [1.54, 1.807) is 6.26 Å². The van der Waals surface area contributed by atoms with Gasteiger partial charge in [0.2, 0.25) is 0 Å². The Balaban J connectivity index is 2.35. The molecule has 4 heteroatoms. The summed E-state index contributed by atoms with van der Waals surface area (Å²) in [6.07, 6.45) is 1.74. The summed E-state index contributed by atoms with van der Waals surface area (Å²) in [5.41, 5.74) is 0. The molecular formula is C10H17NOS2. The van der Waals surface area contributed by atoms with E-state index in [1.165, 1.54) is 9.75 Å². The highest BCUT2D eigenvalue weighted by molar-refractivity contribution is 7.84. The molecule has 0 saturated heterocycles. The Kier molecular flexibility index (Phi) is 4.78. The van der Waals surface area contributed by atoms with Crippen LogP contribution in [0.15, 0.2) is 12.1 Å². The lowest BCUT2D eigenvalue weighted by molar-refractivity contribution is 0.605. The van der Waals surface area contributed by atoms with Gasteiger partial charge in [-0.15, -0.1) is 11.3 Å². The van der Waals surface area contributed by atoms with Crippen molar-refractivity contribution in [2.75, 3.05) is 18.6 Å². The van der Waals surface area contributed by atoms with Crippen LogP contribution in [0.25, 0.3) is 0 Å². The number of hydrogen-bond acceptors (Lipinski definition) is 3. The zero-order valence-electron chi connectivity index (χ0n) is 8.87. The maximum absolute atomic E-state index is 10.8. The summed E-state index contributed by atoms with van der Waals surface area (Å²) in [7, 11) is -0.692. The Labute approximate surface area is 92.2 Å². The maximum atomic E-state index is 10.8. The van der Waals surface area contributed by atoms with Crippen molar-refractivity contribution < 1.29 is 4.21 Å². The second-order valence-corrected chi connectivity index (χ2v) is 6.28. The molecule has 1 rings (SSSR count). The molecule has 0 fully saturated rings. The minimum absolute atomic E-state index is 0.372. The maximum Gasteiger partial charge on any atom is 0.0386 e. The molecule has 2 unspecified atom stereocenters. The van der Waals surface area contributed by atoms with Gasteiger partial charge in [0.25, 0.3) is 0 Å². The van der Waals surface area contributed by atoms with Gasteiger partial charge in [0.15, 0.2) is 0 Å². The summed E-state index contributed by atoms with van der Waals surface area (Å²) in [5, 5.41) is 3.36. The first-order valence-corrected chi connectivity index (χ1v) is 7.23. The van der Waals surface area contributed by atoms with Gasteiger partial charge in [-0.1, -0.05) is 0 Å². The molecule has 1 heterocycles. The second kappa shape index (κ2) is 5.63. The molecule has 2 nitrogen and oxygen atoms in total. The van der Waals surface area contributed by atoms with Crippen LogP contribution in [0.5, 0.6) is 0 Å². The first-order valence-electron chi connectivity index (χ1n) is 4.69. The van der Waals surface area contributed by atoms with Crippen molar-refractivity contribution >= 4 is 22.1 Å². The van der Waals surface area contributed by atoms with E-state index in [1.807, 2.05) is 11.3 Å². The number of aryl methyl sites for hydroxylation is 1. The van der Waals surface area contributed by atoms with Crippen LogP contribution in [0.3, 0.4) is 0 Å². The Hall–Kier alpha value is -0.190. The van der Waals surface area contributed by atoms with Gasteiger partial charge in [-0.25, -0.2) is 0 Å². The Morgan fingerprint density at radius 1 is 1.57 bits per heavy atom. The van der Waals surface area contributed by atoms with E-state index in [9.17, 15) is 4.21 Å². The molecule has 1 aromatic rings. The first-order chi connectivity index (χ1) is 6.59. The van der Waals surface area contributed by atoms with Crippen LogP contribution in [0.4, 0.5) is 0 Å². The number of nitrogens with one attached hydrogen (secondary N) is 1. The molecule has 2 atom stereocenters. The zero-order chi connectivity index (χ0) is 10.6. The van der Waals surface area contributed by atoms with Crippen molar-refractivity contribution in [1.29, 1.82) is 0 Å². The van der Waals surface area contributed by atoms with Gasteiger partial charge in [0.05, 0.1) is 0 Å². The van der Waals surface area contributed by atoms with Crippen molar-refractivity contribution in [2.45, 2.75) is 19.9 Å². The minimum Gasteiger partial charge on any atom is -0.309 e. The fourth-order valence-electron chi connectivity index (χ4n) is 1.21. The summed E-state index contributed by atoms with van der Waals surface area (Å²) < 4.78 is 10.8. The predicted octanol–water partition coefficient (Wildman–Crippen LogP) is 2.09. The largest absolute Gasteiger partial charge is 0.309 e. The van der Waals surface area contributed by atoms with Crippen LogP contribution in [0.1, 0.15) is 22.7 Å². The second-order valence-electron chi connectivity index (χ2n) is 3.40. The molecule has 0 spiro atoms. The van der Waals surface area contributed by atoms with Gasteiger partial charge < -0.3 is 5.32 Å². The van der Waals surface area contributed by atoms with E-state index in [0.717, 1.165) is 12.3 Å². The highest BCUT2D eigenvalue weighted by Crippen LogP contribution is 2.21. The Morgan fingerprint density at radius 3 is 2.79 bits per heavy atom. The molecule has 0 radical (unpaired) electrons. The molecule has 0 bridgehead atoms. The van der Waals surface area contributed by atoms with E-state index >= 15 is 0 Å². The highest BCUT2D eigenvalue weighted by Gasteiger charge is 2.06. The van der Waals surface area contributed by atoms with Crippen molar-refractivity contribution in [3.8, 4) is 0 Å². The zero-order valence-corrected chi connectivity index (χ0v) is 10.5. The quantitative estimate of drug-likeness (QED) is 0.840. The van der Waals surface area contributed by atoms with Gasteiger partial charge in [0, 0.05) is 45.1 Å². The normalized spacial score (nSPS) is 15.4. The topological polar surface area (TPSA) is 29.1 Å². The summed E-state index contributed by atoms with van der Waals surface area (Å²) in [6, 6.07) is 4.66. The molecule has 0 aliphatic heterocycles. The van der Waals surface area contributed by atoms with Gasteiger partial charge in [-0.2, -0.15) is 0 Å². The van der Waals surface area contributed by atoms with Crippen molar-refractivity contribution in [3.63, 3.8) is 0 Å². The lowest BCUT2D eigenvalue weighted by Gasteiger charge is -2.10. The van der Waals surface area contributed by atoms with Crippen LogP contribution < -0.4 is 5.32 Å². The standard InChI is InChI=1S/C10H17NOS2/c1-8-4-5-10(13-8)9(2)11-6-7-14(3)12/h4-5,9,11H,6-7H2,1-3H3. The summed E-state index contributed by atoms with van der Waals surface area (Å²) in [5.74, 6) is 0.731. The predicted molar refractivity (Wildman–Crippen MR) is 64.4 cm³/mol. The molecule has 14 heavy (non-hydrogen) atoms. The van der Waals surface area contributed by atoms with Crippen LogP contribution >= 0.6 is 11.3 Å². The molecule has 0 aromatic carbocycles. The van der Waals surface area contributed by atoms with Gasteiger partial charge >= 0.3 is 0 Å². The lowest BCUT2D eigenvalue weighted by Crippen LogP contribution is -2.22.